The van der Waals surface area contributed by atoms with E-state index in [1.807, 2.05) is 69.3 Å². The Hall–Kier alpha value is -2.04. The molecule has 0 amide bonds. The maximum absolute atomic E-state index is 10.2. The Morgan fingerprint density at radius 2 is 1.79 bits per heavy atom. The lowest BCUT2D eigenvalue weighted by Crippen LogP contribution is -2.21. The van der Waals surface area contributed by atoms with Gasteiger partial charge in [-0.15, -0.1) is 0 Å². The molecule has 2 aromatic carbocycles. The summed E-state index contributed by atoms with van der Waals surface area (Å²) >= 11 is 0. The molecule has 0 bridgehead atoms. The van der Waals surface area contributed by atoms with Crippen molar-refractivity contribution in [3.63, 3.8) is 0 Å². The highest BCUT2D eigenvalue weighted by Crippen LogP contribution is 2.29. The molecule has 4 heteroatoms. The number of hydrogen-bond donors (Lipinski definition) is 2. The van der Waals surface area contributed by atoms with Gasteiger partial charge in [-0.2, -0.15) is 0 Å². The van der Waals surface area contributed by atoms with Gasteiger partial charge in [-0.05, 0) is 44.0 Å². The second-order valence-electron chi connectivity index (χ2n) is 5.94. The molecule has 0 radical (unpaired) electrons. The minimum atomic E-state index is -0.513. The Bertz CT molecular complexity index is 614. The van der Waals surface area contributed by atoms with E-state index in [1.54, 1.807) is 0 Å². The molecule has 0 fully saturated rings. The fourth-order valence-corrected chi connectivity index (χ4v) is 2.43. The normalized spacial score (nSPS) is 12.2. The first kappa shape index (κ1) is 18.3. The minimum absolute atomic E-state index is 0.106. The summed E-state index contributed by atoms with van der Waals surface area (Å²) in [6.07, 6.45) is -0.407. The van der Waals surface area contributed by atoms with Crippen LogP contribution < -0.4 is 14.8 Å². The second kappa shape index (κ2) is 9.30. The third-order valence-electron chi connectivity index (χ3n) is 3.52. The molecule has 0 heterocycles. The average molecular weight is 329 g/mol. The van der Waals surface area contributed by atoms with Gasteiger partial charge in [0.15, 0.2) is 11.5 Å². The van der Waals surface area contributed by atoms with E-state index in [0.717, 1.165) is 22.6 Å². The molecule has 2 N–H and O–H groups in total. The number of rotatable bonds is 9. The second-order valence-corrected chi connectivity index (χ2v) is 5.94. The van der Waals surface area contributed by atoms with Gasteiger partial charge in [0.2, 0.25) is 0 Å². The maximum atomic E-state index is 10.2. The van der Waals surface area contributed by atoms with Crippen LogP contribution in [0.4, 0.5) is 0 Å². The zero-order valence-corrected chi connectivity index (χ0v) is 14.7. The highest BCUT2D eigenvalue weighted by atomic mass is 16.5. The standard InChI is InChI=1S/C20H27NO3/c1-4-23-20-12-16(10-11-19(20)24-15(2)3)13-21-14-18(22)17-8-6-5-7-9-17/h5-12,15,18,21-22H,4,13-14H2,1-3H3. The lowest BCUT2D eigenvalue weighted by Gasteiger charge is -2.16. The topological polar surface area (TPSA) is 50.7 Å². The summed E-state index contributed by atoms with van der Waals surface area (Å²) in [7, 11) is 0. The zero-order chi connectivity index (χ0) is 17.4. The molecule has 0 aliphatic rings. The number of aliphatic hydroxyl groups excluding tert-OH is 1. The number of ether oxygens (including phenoxy) is 2. The lowest BCUT2D eigenvalue weighted by atomic mass is 10.1. The van der Waals surface area contributed by atoms with Crippen molar-refractivity contribution in [1.29, 1.82) is 0 Å². The first-order valence-corrected chi connectivity index (χ1v) is 8.46. The summed E-state index contributed by atoms with van der Waals surface area (Å²) in [5.74, 6) is 1.52. The highest BCUT2D eigenvalue weighted by molar-refractivity contribution is 5.43. The highest BCUT2D eigenvalue weighted by Gasteiger charge is 2.09. The SMILES string of the molecule is CCOc1cc(CNCC(O)c2ccccc2)ccc1OC(C)C. The molecule has 1 atom stereocenters. The molecule has 0 saturated heterocycles. The average Bonchev–Trinajstić information content (AvgIpc) is 2.57. The summed E-state index contributed by atoms with van der Waals surface area (Å²) in [5, 5.41) is 13.5. The third kappa shape index (κ3) is 5.55. The van der Waals surface area contributed by atoms with E-state index in [9.17, 15) is 5.11 Å². The molecule has 1 unspecified atom stereocenters. The molecular formula is C20H27NO3. The number of nitrogens with one attached hydrogen (secondary N) is 1. The minimum Gasteiger partial charge on any atom is -0.490 e. The third-order valence-corrected chi connectivity index (χ3v) is 3.52. The van der Waals surface area contributed by atoms with Crippen molar-refractivity contribution in [2.24, 2.45) is 0 Å². The van der Waals surface area contributed by atoms with Crippen LogP contribution in [-0.2, 0) is 6.54 Å². The van der Waals surface area contributed by atoms with Gasteiger partial charge < -0.3 is 19.9 Å². The van der Waals surface area contributed by atoms with E-state index in [0.29, 0.717) is 19.7 Å². The van der Waals surface area contributed by atoms with Gasteiger partial charge in [0.1, 0.15) is 0 Å². The van der Waals surface area contributed by atoms with Crippen LogP contribution in [0.2, 0.25) is 0 Å². The largest absolute Gasteiger partial charge is 0.490 e. The summed E-state index contributed by atoms with van der Waals surface area (Å²) in [6.45, 7) is 7.70. The van der Waals surface area contributed by atoms with Crippen molar-refractivity contribution in [2.45, 2.75) is 39.5 Å². The number of benzene rings is 2. The first-order chi connectivity index (χ1) is 11.6. The Morgan fingerprint density at radius 3 is 2.46 bits per heavy atom. The van der Waals surface area contributed by atoms with Crippen LogP contribution in [-0.4, -0.2) is 24.4 Å². The first-order valence-electron chi connectivity index (χ1n) is 8.46. The van der Waals surface area contributed by atoms with E-state index >= 15 is 0 Å². The van der Waals surface area contributed by atoms with Crippen molar-refractivity contribution in [1.82, 2.24) is 5.32 Å². The van der Waals surface area contributed by atoms with Gasteiger partial charge in [0.25, 0.3) is 0 Å². The van der Waals surface area contributed by atoms with Crippen LogP contribution in [0.5, 0.6) is 11.5 Å². The molecule has 2 rings (SSSR count). The van der Waals surface area contributed by atoms with Crippen molar-refractivity contribution >= 4 is 0 Å². The number of hydrogen-bond acceptors (Lipinski definition) is 4. The van der Waals surface area contributed by atoms with Crippen molar-refractivity contribution < 1.29 is 14.6 Å². The Balaban J connectivity index is 1.93. The van der Waals surface area contributed by atoms with Crippen molar-refractivity contribution in [2.75, 3.05) is 13.2 Å². The quantitative estimate of drug-likeness (QED) is 0.736. The molecule has 0 aromatic heterocycles. The predicted octanol–water partition coefficient (Wildman–Crippen LogP) is 3.70. The van der Waals surface area contributed by atoms with Crippen LogP contribution in [0.1, 0.15) is 38.0 Å². The van der Waals surface area contributed by atoms with E-state index in [1.165, 1.54) is 0 Å². The van der Waals surface area contributed by atoms with Gasteiger partial charge >= 0.3 is 0 Å². The predicted molar refractivity (Wildman–Crippen MR) is 96.5 cm³/mol. The van der Waals surface area contributed by atoms with Crippen LogP contribution in [0.15, 0.2) is 48.5 Å². The van der Waals surface area contributed by atoms with Gasteiger partial charge in [0.05, 0.1) is 18.8 Å². The molecule has 0 spiro atoms. The molecule has 24 heavy (non-hydrogen) atoms. The molecule has 0 aliphatic carbocycles. The zero-order valence-electron chi connectivity index (χ0n) is 14.7. The van der Waals surface area contributed by atoms with Crippen molar-refractivity contribution in [3.05, 3.63) is 59.7 Å². The smallest absolute Gasteiger partial charge is 0.161 e. The fraction of sp³-hybridized carbons (Fsp3) is 0.400. The Morgan fingerprint density at radius 1 is 1.04 bits per heavy atom. The summed E-state index contributed by atoms with van der Waals surface area (Å²) < 4.78 is 11.4. The van der Waals surface area contributed by atoms with Crippen LogP contribution >= 0.6 is 0 Å². The lowest BCUT2D eigenvalue weighted by molar-refractivity contribution is 0.174. The van der Waals surface area contributed by atoms with E-state index in [4.69, 9.17) is 9.47 Å². The fourth-order valence-electron chi connectivity index (χ4n) is 2.43. The van der Waals surface area contributed by atoms with E-state index in [2.05, 4.69) is 5.32 Å². The van der Waals surface area contributed by atoms with Gasteiger partial charge in [-0.25, -0.2) is 0 Å². The number of aliphatic hydroxyl groups is 1. The molecule has 130 valence electrons. The summed E-state index contributed by atoms with van der Waals surface area (Å²) in [5.41, 5.74) is 2.01. The van der Waals surface area contributed by atoms with Crippen LogP contribution in [0.25, 0.3) is 0 Å². The van der Waals surface area contributed by atoms with Gasteiger partial charge in [0, 0.05) is 13.1 Å². The molecule has 0 aliphatic heterocycles. The maximum Gasteiger partial charge on any atom is 0.161 e. The van der Waals surface area contributed by atoms with Crippen LogP contribution in [0, 0.1) is 0 Å². The molecule has 0 saturated carbocycles. The van der Waals surface area contributed by atoms with E-state index in [-0.39, 0.29) is 6.10 Å². The van der Waals surface area contributed by atoms with Gasteiger partial charge in [-0.3, -0.25) is 0 Å². The summed E-state index contributed by atoms with van der Waals surface area (Å²) in [4.78, 5) is 0. The van der Waals surface area contributed by atoms with Crippen LogP contribution in [0.3, 0.4) is 0 Å². The van der Waals surface area contributed by atoms with Crippen molar-refractivity contribution in [3.8, 4) is 11.5 Å². The monoisotopic (exact) mass is 329 g/mol. The Kier molecular flexibility index (Phi) is 7.09. The van der Waals surface area contributed by atoms with E-state index < -0.39 is 6.10 Å². The van der Waals surface area contributed by atoms with Gasteiger partial charge in [-0.1, -0.05) is 36.4 Å². The summed E-state index contributed by atoms with van der Waals surface area (Å²) in [6, 6.07) is 15.6. The molecule has 2 aromatic rings. The Labute approximate surface area is 144 Å². The molecular weight excluding hydrogens is 302 g/mol. The molecule has 4 nitrogen and oxygen atoms in total.